The fourth-order valence-corrected chi connectivity index (χ4v) is 2.64. The van der Waals surface area contributed by atoms with Gasteiger partial charge in [0, 0.05) is 6.54 Å². The van der Waals surface area contributed by atoms with E-state index < -0.39 is 11.9 Å². The quantitative estimate of drug-likeness (QED) is 0.834. The molecule has 1 aliphatic rings. The Morgan fingerprint density at radius 1 is 1.39 bits per heavy atom. The molecule has 1 fully saturated rings. The molecule has 1 amide bonds. The second kappa shape index (κ2) is 9.08. The molecule has 0 radical (unpaired) electrons. The molecule has 0 aromatic heterocycles. The number of carbonyl (C=O) groups is 1. The van der Waals surface area contributed by atoms with Crippen molar-refractivity contribution >= 4 is 18.3 Å². The number of carbonyl (C=O) groups excluding carboxylic acids is 1. The summed E-state index contributed by atoms with van der Waals surface area (Å²) >= 11 is 0. The van der Waals surface area contributed by atoms with Crippen molar-refractivity contribution in [3.05, 3.63) is 30.1 Å². The van der Waals surface area contributed by atoms with E-state index in [0.29, 0.717) is 13.0 Å². The largest absolute Gasteiger partial charge is 0.478 e. The molecular weight excluding hydrogens is 319 g/mol. The molecule has 1 aromatic rings. The van der Waals surface area contributed by atoms with Gasteiger partial charge in [0.2, 0.25) is 0 Å². The summed E-state index contributed by atoms with van der Waals surface area (Å²) in [7, 11) is 0. The number of amides is 1. The van der Waals surface area contributed by atoms with Gasteiger partial charge in [-0.2, -0.15) is 0 Å². The lowest BCUT2D eigenvalue weighted by Crippen LogP contribution is -2.46. The van der Waals surface area contributed by atoms with Gasteiger partial charge < -0.3 is 15.4 Å². The summed E-state index contributed by atoms with van der Waals surface area (Å²) in [6.07, 6.45) is 1.91. The van der Waals surface area contributed by atoms with Crippen LogP contribution >= 0.6 is 12.4 Å². The first-order valence-electron chi connectivity index (χ1n) is 7.94. The van der Waals surface area contributed by atoms with Gasteiger partial charge >= 0.3 is 0 Å². The first-order valence-corrected chi connectivity index (χ1v) is 7.94. The van der Waals surface area contributed by atoms with Crippen molar-refractivity contribution < 1.29 is 13.9 Å². The molecule has 1 atom stereocenters. The van der Waals surface area contributed by atoms with E-state index >= 15 is 0 Å². The number of ether oxygens (including phenoxy) is 1. The number of piperidine rings is 1. The van der Waals surface area contributed by atoms with Gasteiger partial charge in [-0.1, -0.05) is 26.0 Å². The summed E-state index contributed by atoms with van der Waals surface area (Å²) < 4.78 is 19.2. The Bertz CT molecular complexity index is 507. The Kier molecular flexibility index (Phi) is 7.79. The van der Waals surface area contributed by atoms with Crippen LogP contribution in [0.3, 0.4) is 0 Å². The summed E-state index contributed by atoms with van der Waals surface area (Å²) in [4.78, 5) is 12.3. The van der Waals surface area contributed by atoms with E-state index in [0.717, 1.165) is 25.9 Å². The van der Waals surface area contributed by atoms with Crippen LogP contribution in [-0.2, 0) is 4.79 Å². The third-order valence-corrected chi connectivity index (χ3v) is 4.27. The average molecular weight is 345 g/mol. The molecule has 1 unspecified atom stereocenters. The average Bonchev–Trinajstić information content (AvgIpc) is 2.53. The normalized spacial score (nSPS) is 17.7. The van der Waals surface area contributed by atoms with Crippen LogP contribution in [0.5, 0.6) is 5.75 Å². The van der Waals surface area contributed by atoms with Gasteiger partial charge in [-0.15, -0.1) is 12.4 Å². The van der Waals surface area contributed by atoms with Crippen LogP contribution in [0.4, 0.5) is 4.39 Å². The number of benzene rings is 1. The van der Waals surface area contributed by atoms with Crippen molar-refractivity contribution in [3.63, 3.8) is 0 Å². The van der Waals surface area contributed by atoms with Gasteiger partial charge in [0.25, 0.3) is 5.91 Å². The van der Waals surface area contributed by atoms with Crippen molar-refractivity contribution in [3.8, 4) is 5.75 Å². The van der Waals surface area contributed by atoms with Gasteiger partial charge in [0.1, 0.15) is 0 Å². The van der Waals surface area contributed by atoms with Crippen molar-refractivity contribution in [2.45, 2.75) is 39.2 Å². The highest BCUT2D eigenvalue weighted by molar-refractivity contribution is 5.85. The zero-order chi connectivity index (χ0) is 16.0. The van der Waals surface area contributed by atoms with E-state index in [1.54, 1.807) is 18.2 Å². The van der Waals surface area contributed by atoms with Gasteiger partial charge in [-0.3, -0.25) is 4.79 Å². The number of nitrogens with one attached hydrogen (secondary N) is 2. The minimum Gasteiger partial charge on any atom is -0.478 e. The van der Waals surface area contributed by atoms with E-state index in [1.807, 2.05) is 6.92 Å². The second-order valence-corrected chi connectivity index (χ2v) is 6.22. The summed E-state index contributed by atoms with van der Waals surface area (Å²) in [6.45, 7) is 6.64. The van der Waals surface area contributed by atoms with E-state index in [-0.39, 0.29) is 29.5 Å². The Morgan fingerprint density at radius 2 is 2.04 bits per heavy atom. The lowest BCUT2D eigenvalue weighted by molar-refractivity contribution is -0.128. The lowest BCUT2D eigenvalue weighted by Gasteiger charge is -2.34. The molecule has 4 nitrogen and oxygen atoms in total. The first kappa shape index (κ1) is 19.7. The van der Waals surface area contributed by atoms with Crippen molar-refractivity contribution in [2.75, 3.05) is 19.6 Å². The van der Waals surface area contributed by atoms with Crippen molar-refractivity contribution in [2.24, 2.45) is 5.41 Å². The SMILES string of the molecule is CCC(Oc1ccccc1F)C(=O)NCC1(C)CCNCC1.Cl. The van der Waals surface area contributed by atoms with Crippen LogP contribution < -0.4 is 15.4 Å². The van der Waals surface area contributed by atoms with Crippen molar-refractivity contribution in [1.29, 1.82) is 0 Å². The molecule has 0 bridgehead atoms. The highest BCUT2D eigenvalue weighted by Crippen LogP contribution is 2.26. The second-order valence-electron chi connectivity index (χ2n) is 6.22. The minimum atomic E-state index is -0.665. The van der Waals surface area contributed by atoms with Crippen LogP contribution in [0.2, 0.25) is 0 Å². The van der Waals surface area contributed by atoms with Crippen LogP contribution in [-0.4, -0.2) is 31.6 Å². The Hall–Kier alpha value is -1.33. The van der Waals surface area contributed by atoms with Crippen LogP contribution in [0.1, 0.15) is 33.1 Å². The summed E-state index contributed by atoms with van der Waals surface area (Å²) in [5.41, 5.74) is 0.122. The molecule has 23 heavy (non-hydrogen) atoms. The third kappa shape index (κ3) is 5.66. The predicted octanol–water partition coefficient (Wildman–Crippen LogP) is 2.91. The molecule has 1 heterocycles. The number of para-hydroxylation sites is 1. The smallest absolute Gasteiger partial charge is 0.261 e. The van der Waals surface area contributed by atoms with Gasteiger partial charge in [-0.05, 0) is 49.9 Å². The fourth-order valence-electron chi connectivity index (χ4n) is 2.64. The zero-order valence-electron chi connectivity index (χ0n) is 13.7. The highest BCUT2D eigenvalue weighted by Gasteiger charge is 2.28. The topological polar surface area (TPSA) is 50.4 Å². The number of hydrogen-bond donors (Lipinski definition) is 2. The molecule has 1 aliphatic heterocycles. The highest BCUT2D eigenvalue weighted by atomic mass is 35.5. The third-order valence-electron chi connectivity index (χ3n) is 4.27. The molecule has 2 N–H and O–H groups in total. The summed E-state index contributed by atoms with van der Waals surface area (Å²) in [6, 6.07) is 6.16. The summed E-state index contributed by atoms with van der Waals surface area (Å²) in [5.74, 6) is -0.498. The van der Waals surface area contributed by atoms with E-state index in [2.05, 4.69) is 17.6 Å². The fraction of sp³-hybridized carbons (Fsp3) is 0.588. The number of hydrogen-bond acceptors (Lipinski definition) is 3. The standard InChI is InChI=1S/C17H25FN2O2.ClH/c1-3-14(22-15-7-5-4-6-13(15)18)16(21)20-12-17(2)8-10-19-11-9-17;/h4-7,14,19H,3,8-12H2,1-2H3,(H,20,21);1H. The Labute approximate surface area is 143 Å². The molecule has 6 heteroatoms. The monoisotopic (exact) mass is 344 g/mol. The zero-order valence-corrected chi connectivity index (χ0v) is 14.5. The Morgan fingerprint density at radius 3 is 2.65 bits per heavy atom. The van der Waals surface area contributed by atoms with E-state index in [1.165, 1.54) is 6.07 Å². The predicted molar refractivity (Wildman–Crippen MR) is 91.6 cm³/mol. The molecule has 2 rings (SSSR count). The molecular formula is C17H26ClFN2O2. The molecule has 0 saturated carbocycles. The molecule has 0 aliphatic carbocycles. The van der Waals surface area contributed by atoms with Crippen LogP contribution in [0.15, 0.2) is 24.3 Å². The van der Waals surface area contributed by atoms with Gasteiger partial charge in [-0.25, -0.2) is 4.39 Å². The van der Waals surface area contributed by atoms with Crippen LogP contribution in [0.25, 0.3) is 0 Å². The van der Waals surface area contributed by atoms with Gasteiger partial charge in [0.15, 0.2) is 17.7 Å². The summed E-state index contributed by atoms with van der Waals surface area (Å²) in [5, 5.41) is 6.29. The molecule has 0 spiro atoms. The Balaban J connectivity index is 0.00000264. The van der Waals surface area contributed by atoms with Crippen molar-refractivity contribution in [1.82, 2.24) is 10.6 Å². The first-order chi connectivity index (χ1) is 10.5. The number of halogens is 2. The molecule has 1 saturated heterocycles. The maximum Gasteiger partial charge on any atom is 0.261 e. The molecule has 130 valence electrons. The van der Waals surface area contributed by atoms with E-state index in [9.17, 15) is 9.18 Å². The van der Waals surface area contributed by atoms with Gasteiger partial charge in [0.05, 0.1) is 0 Å². The maximum absolute atomic E-state index is 13.6. The van der Waals surface area contributed by atoms with Crippen LogP contribution in [0, 0.1) is 11.2 Å². The maximum atomic E-state index is 13.6. The molecule has 1 aromatic carbocycles. The lowest BCUT2D eigenvalue weighted by atomic mass is 9.81. The minimum absolute atomic E-state index is 0. The number of rotatable bonds is 6. The van der Waals surface area contributed by atoms with E-state index in [4.69, 9.17) is 4.74 Å².